The largest absolute Gasteiger partial charge is 0.374 e. The van der Waals surface area contributed by atoms with Crippen molar-refractivity contribution in [2.75, 3.05) is 6.61 Å². The van der Waals surface area contributed by atoms with Crippen LogP contribution in [0.4, 0.5) is 0 Å². The molecule has 15 heavy (non-hydrogen) atoms. The minimum absolute atomic E-state index is 0.306. The van der Waals surface area contributed by atoms with E-state index in [0.29, 0.717) is 30.1 Å². The molecule has 0 amide bonds. The van der Waals surface area contributed by atoms with Crippen LogP contribution < -0.4 is 0 Å². The predicted octanol–water partition coefficient (Wildman–Crippen LogP) is 3.55. The van der Waals surface area contributed by atoms with Gasteiger partial charge in [-0.25, -0.2) is 9.97 Å². The lowest BCUT2D eigenvalue weighted by molar-refractivity contribution is 0.128. The van der Waals surface area contributed by atoms with Crippen LogP contribution in [-0.2, 0) is 11.3 Å². The Morgan fingerprint density at radius 2 is 2.07 bits per heavy atom. The second-order valence-corrected chi connectivity index (χ2v) is 4.57. The van der Waals surface area contributed by atoms with Gasteiger partial charge in [0, 0.05) is 6.61 Å². The van der Waals surface area contributed by atoms with Crippen molar-refractivity contribution in [3.63, 3.8) is 0 Å². The molecule has 0 unspecified atom stereocenters. The molecule has 3 nitrogen and oxygen atoms in total. The van der Waals surface area contributed by atoms with Crippen LogP contribution in [0.25, 0.3) is 0 Å². The van der Waals surface area contributed by atoms with Crippen LogP contribution in [0.15, 0.2) is 4.47 Å². The number of rotatable bonds is 4. The summed E-state index contributed by atoms with van der Waals surface area (Å²) < 4.78 is 6.03. The third kappa shape index (κ3) is 3.40. The van der Waals surface area contributed by atoms with Crippen molar-refractivity contribution < 1.29 is 4.74 Å². The highest BCUT2D eigenvalue weighted by atomic mass is 79.9. The van der Waals surface area contributed by atoms with Crippen molar-refractivity contribution in [1.29, 1.82) is 0 Å². The van der Waals surface area contributed by atoms with E-state index in [1.54, 1.807) is 0 Å². The Hall–Kier alpha value is -0.190. The summed E-state index contributed by atoms with van der Waals surface area (Å²) in [4.78, 5) is 8.54. The van der Waals surface area contributed by atoms with Gasteiger partial charge in [-0.3, -0.25) is 0 Å². The second kappa shape index (κ2) is 5.77. The molecule has 0 spiro atoms. The van der Waals surface area contributed by atoms with Crippen LogP contribution >= 0.6 is 27.5 Å². The number of hydrogen-bond donors (Lipinski definition) is 0. The normalized spacial score (nSPS) is 11.1. The van der Waals surface area contributed by atoms with Crippen LogP contribution in [0.1, 0.15) is 38.2 Å². The molecular weight excluding hydrogens is 279 g/mol. The van der Waals surface area contributed by atoms with Crippen molar-refractivity contribution in [1.82, 2.24) is 9.97 Å². The minimum atomic E-state index is 0.306. The van der Waals surface area contributed by atoms with E-state index in [1.165, 1.54) is 0 Å². The van der Waals surface area contributed by atoms with Crippen LogP contribution in [0.3, 0.4) is 0 Å². The third-order valence-corrected chi connectivity index (χ3v) is 3.15. The molecule has 0 radical (unpaired) electrons. The summed E-state index contributed by atoms with van der Waals surface area (Å²) in [6, 6.07) is 0. The Morgan fingerprint density at radius 3 is 2.60 bits per heavy atom. The second-order valence-electron chi connectivity index (χ2n) is 3.42. The lowest BCUT2D eigenvalue weighted by Gasteiger charge is -2.10. The molecule has 1 heterocycles. The van der Waals surface area contributed by atoms with E-state index < -0.39 is 0 Å². The Morgan fingerprint density at radius 1 is 1.40 bits per heavy atom. The Bertz CT molecular complexity index is 344. The standard InChI is InChI=1S/C10H14BrClN2O/c1-4-15-5-7-13-9(6(2)3)8(11)10(12)14-7/h6H,4-5H2,1-3H3. The molecule has 0 saturated carbocycles. The molecule has 0 atom stereocenters. The predicted molar refractivity (Wildman–Crippen MR) is 64.2 cm³/mol. The zero-order chi connectivity index (χ0) is 11.4. The van der Waals surface area contributed by atoms with Gasteiger partial charge in [0.25, 0.3) is 0 Å². The molecule has 0 aliphatic heterocycles. The van der Waals surface area contributed by atoms with Crippen LogP contribution in [0.5, 0.6) is 0 Å². The maximum absolute atomic E-state index is 5.99. The highest BCUT2D eigenvalue weighted by Crippen LogP contribution is 2.28. The van der Waals surface area contributed by atoms with Crippen molar-refractivity contribution in [3.8, 4) is 0 Å². The summed E-state index contributed by atoms with van der Waals surface area (Å²) in [6.07, 6.45) is 0. The molecule has 0 aliphatic rings. The zero-order valence-corrected chi connectivity index (χ0v) is 11.4. The smallest absolute Gasteiger partial charge is 0.156 e. The first kappa shape index (κ1) is 12.9. The third-order valence-electron chi connectivity index (χ3n) is 1.86. The fourth-order valence-electron chi connectivity index (χ4n) is 1.12. The highest BCUT2D eigenvalue weighted by molar-refractivity contribution is 9.10. The van der Waals surface area contributed by atoms with Gasteiger partial charge in [-0.15, -0.1) is 0 Å². The fraction of sp³-hybridized carbons (Fsp3) is 0.600. The van der Waals surface area contributed by atoms with E-state index >= 15 is 0 Å². The lowest BCUT2D eigenvalue weighted by Crippen LogP contribution is -2.05. The number of nitrogens with zero attached hydrogens (tertiary/aromatic N) is 2. The molecule has 0 saturated heterocycles. The van der Waals surface area contributed by atoms with Crippen molar-refractivity contribution in [2.45, 2.75) is 33.3 Å². The molecule has 0 aliphatic carbocycles. The van der Waals surface area contributed by atoms with E-state index in [9.17, 15) is 0 Å². The molecule has 0 bridgehead atoms. The van der Waals surface area contributed by atoms with Crippen molar-refractivity contribution in [2.24, 2.45) is 0 Å². The molecule has 0 fully saturated rings. The summed E-state index contributed by atoms with van der Waals surface area (Å²) >= 11 is 9.37. The van der Waals surface area contributed by atoms with Gasteiger partial charge in [0.15, 0.2) is 5.82 Å². The van der Waals surface area contributed by atoms with Gasteiger partial charge in [-0.1, -0.05) is 25.4 Å². The average Bonchev–Trinajstić information content (AvgIpc) is 2.19. The van der Waals surface area contributed by atoms with Crippen LogP contribution in [0, 0.1) is 0 Å². The Labute approximate surface area is 103 Å². The fourth-order valence-corrected chi connectivity index (χ4v) is 1.95. The van der Waals surface area contributed by atoms with Gasteiger partial charge in [0.2, 0.25) is 0 Å². The quantitative estimate of drug-likeness (QED) is 0.796. The molecular formula is C10H14BrClN2O. The van der Waals surface area contributed by atoms with Gasteiger partial charge in [-0.2, -0.15) is 0 Å². The summed E-state index contributed by atoms with van der Waals surface area (Å²) in [5.41, 5.74) is 0.921. The zero-order valence-electron chi connectivity index (χ0n) is 9.05. The molecule has 1 aromatic rings. The maximum atomic E-state index is 5.99. The monoisotopic (exact) mass is 292 g/mol. The van der Waals surface area contributed by atoms with Crippen molar-refractivity contribution in [3.05, 3.63) is 21.1 Å². The number of hydrogen-bond acceptors (Lipinski definition) is 3. The molecule has 0 aromatic carbocycles. The Kier molecular flexibility index (Phi) is 4.96. The van der Waals surface area contributed by atoms with E-state index in [2.05, 4.69) is 39.7 Å². The van der Waals surface area contributed by atoms with Gasteiger partial charge in [0.05, 0.1) is 10.2 Å². The number of aromatic nitrogens is 2. The van der Waals surface area contributed by atoms with E-state index in [-0.39, 0.29) is 0 Å². The van der Waals surface area contributed by atoms with Gasteiger partial charge < -0.3 is 4.74 Å². The van der Waals surface area contributed by atoms with Gasteiger partial charge >= 0.3 is 0 Å². The summed E-state index contributed by atoms with van der Waals surface area (Å²) in [7, 11) is 0. The first-order chi connectivity index (χ1) is 7.06. The summed E-state index contributed by atoms with van der Waals surface area (Å²) in [5.74, 6) is 0.939. The lowest BCUT2D eigenvalue weighted by atomic mass is 10.1. The number of ether oxygens (including phenoxy) is 1. The van der Waals surface area contributed by atoms with Gasteiger partial charge in [0.1, 0.15) is 11.8 Å². The molecule has 84 valence electrons. The van der Waals surface area contributed by atoms with E-state index in [1.807, 2.05) is 6.92 Å². The summed E-state index contributed by atoms with van der Waals surface area (Å²) in [5, 5.41) is 0.448. The van der Waals surface area contributed by atoms with E-state index in [0.717, 1.165) is 10.2 Å². The van der Waals surface area contributed by atoms with Crippen LogP contribution in [0.2, 0.25) is 5.15 Å². The van der Waals surface area contributed by atoms with Gasteiger partial charge in [-0.05, 0) is 28.8 Å². The molecule has 1 rings (SSSR count). The first-order valence-electron chi connectivity index (χ1n) is 4.85. The number of halogens is 2. The maximum Gasteiger partial charge on any atom is 0.156 e. The SMILES string of the molecule is CCOCc1nc(Cl)c(Br)c(C(C)C)n1. The highest BCUT2D eigenvalue weighted by Gasteiger charge is 2.13. The molecule has 0 N–H and O–H groups in total. The topological polar surface area (TPSA) is 35.0 Å². The van der Waals surface area contributed by atoms with Crippen molar-refractivity contribution >= 4 is 27.5 Å². The molecule has 1 aromatic heterocycles. The summed E-state index contributed by atoms with van der Waals surface area (Å²) in [6.45, 7) is 7.11. The first-order valence-corrected chi connectivity index (χ1v) is 6.02. The average molecular weight is 294 g/mol. The minimum Gasteiger partial charge on any atom is -0.374 e. The van der Waals surface area contributed by atoms with Crippen LogP contribution in [-0.4, -0.2) is 16.6 Å². The molecule has 5 heteroatoms. The Balaban J connectivity index is 3.00. The van der Waals surface area contributed by atoms with E-state index in [4.69, 9.17) is 16.3 Å².